The SMILES string of the molecule is COc1cc(Cc2ncc3c(n2)=NC(=O)CN=3)ccc1-c1nc(C(F)(F)F)cn1C1CC1. The Balaban J connectivity index is 1.50. The Morgan fingerprint density at radius 1 is 1.22 bits per heavy atom. The number of imidazole rings is 1. The minimum absolute atomic E-state index is 0.0127. The van der Waals surface area contributed by atoms with Gasteiger partial charge in [0, 0.05) is 18.7 Å². The average Bonchev–Trinajstić information content (AvgIpc) is 3.50. The monoisotopic (exact) mass is 442 g/mol. The number of amides is 1. The molecule has 0 atom stereocenters. The van der Waals surface area contributed by atoms with Crippen molar-refractivity contribution in [2.75, 3.05) is 13.7 Å². The lowest BCUT2D eigenvalue weighted by atomic mass is 10.1. The fraction of sp³-hybridized carbons (Fsp3) is 0.333. The van der Waals surface area contributed by atoms with Gasteiger partial charge in [-0.2, -0.15) is 18.2 Å². The van der Waals surface area contributed by atoms with E-state index in [1.54, 1.807) is 22.8 Å². The quantitative estimate of drug-likeness (QED) is 0.603. The first-order valence-electron chi connectivity index (χ1n) is 9.93. The molecular weight excluding hydrogens is 425 g/mol. The molecule has 1 fully saturated rings. The lowest BCUT2D eigenvalue weighted by Gasteiger charge is -2.12. The number of methoxy groups -OCH3 is 1. The minimum atomic E-state index is -4.52. The predicted molar refractivity (Wildman–Crippen MR) is 105 cm³/mol. The van der Waals surface area contributed by atoms with E-state index in [0.29, 0.717) is 28.9 Å². The molecule has 3 heterocycles. The molecule has 0 unspecified atom stereocenters. The molecule has 0 radical (unpaired) electrons. The first kappa shape index (κ1) is 20.3. The molecule has 0 spiro atoms. The fourth-order valence-electron chi connectivity index (χ4n) is 3.56. The van der Waals surface area contributed by atoms with Crippen LogP contribution < -0.4 is 15.6 Å². The number of fused-ring (bicyclic) bond motifs is 1. The van der Waals surface area contributed by atoms with Crippen LogP contribution in [0.5, 0.6) is 5.75 Å². The lowest BCUT2D eigenvalue weighted by Crippen LogP contribution is -2.36. The molecule has 1 aromatic carbocycles. The molecule has 1 aliphatic carbocycles. The Labute approximate surface area is 179 Å². The molecule has 2 aromatic heterocycles. The first-order valence-corrected chi connectivity index (χ1v) is 9.93. The number of alkyl halides is 3. The molecule has 1 saturated carbocycles. The van der Waals surface area contributed by atoms with Crippen molar-refractivity contribution in [1.29, 1.82) is 0 Å². The summed E-state index contributed by atoms with van der Waals surface area (Å²) in [4.78, 5) is 31.9. The second-order valence-corrected chi connectivity index (χ2v) is 7.61. The van der Waals surface area contributed by atoms with Crippen molar-refractivity contribution in [2.24, 2.45) is 9.98 Å². The number of rotatable bonds is 5. The van der Waals surface area contributed by atoms with E-state index < -0.39 is 11.9 Å². The first-order chi connectivity index (χ1) is 15.3. The Morgan fingerprint density at radius 2 is 2.03 bits per heavy atom. The molecule has 164 valence electrons. The second kappa shape index (κ2) is 7.50. The van der Waals surface area contributed by atoms with Gasteiger partial charge in [-0.25, -0.2) is 15.0 Å². The van der Waals surface area contributed by atoms with Gasteiger partial charge in [0.2, 0.25) is 0 Å². The van der Waals surface area contributed by atoms with Crippen LogP contribution in [0.25, 0.3) is 11.4 Å². The topological polar surface area (TPSA) is 94.6 Å². The molecule has 0 N–H and O–H groups in total. The van der Waals surface area contributed by atoms with E-state index in [4.69, 9.17) is 4.74 Å². The van der Waals surface area contributed by atoms with Crippen LogP contribution in [0.3, 0.4) is 0 Å². The second-order valence-electron chi connectivity index (χ2n) is 7.61. The van der Waals surface area contributed by atoms with E-state index in [9.17, 15) is 18.0 Å². The lowest BCUT2D eigenvalue weighted by molar-refractivity contribution is -0.140. The van der Waals surface area contributed by atoms with Gasteiger partial charge in [-0.05, 0) is 30.5 Å². The van der Waals surface area contributed by atoms with Gasteiger partial charge < -0.3 is 9.30 Å². The zero-order valence-corrected chi connectivity index (χ0v) is 16.9. The van der Waals surface area contributed by atoms with E-state index in [1.807, 2.05) is 0 Å². The van der Waals surface area contributed by atoms with Gasteiger partial charge >= 0.3 is 6.18 Å². The highest BCUT2D eigenvalue weighted by Crippen LogP contribution is 2.42. The van der Waals surface area contributed by atoms with E-state index >= 15 is 0 Å². The Kier molecular flexibility index (Phi) is 4.75. The summed E-state index contributed by atoms with van der Waals surface area (Å²) >= 11 is 0. The van der Waals surface area contributed by atoms with Crippen LogP contribution >= 0.6 is 0 Å². The van der Waals surface area contributed by atoms with Crippen LogP contribution in [0.4, 0.5) is 13.2 Å². The molecule has 5 rings (SSSR count). The van der Waals surface area contributed by atoms with Gasteiger partial charge in [0.25, 0.3) is 5.91 Å². The van der Waals surface area contributed by atoms with Crippen molar-refractivity contribution in [3.05, 3.63) is 58.5 Å². The summed E-state index contributed by atoms with van der Waals surface area (Å²) in [5.74, 6) is 0.701. The molecule has 2 aliphatic rings. The summed E-state index contributed by atoms with van der Waals surface area (Å²) in [6.45, 7) is -0.0129. The number of ether oxygens (including phenoxy) is 1. The van der Waals surface area contributed by atoms with Crippen LogP contribution in [0, 0.1) is 0 Å². The van der Waals surface area contributed by atoms with Crippen molar-refractivity contribution in [3.63, 3.8) is 0 Å². The smallest absolute Gasteiger partial charge is 0.434 e. The number of benzene rings is 1. The van der Waals surface area contributed by atoms with Gasteiger partial charge in [-0.1, -0.05) is 6.07 Å². The Morgan fingerprint density at radius 3 is 2.75 bits per heavy atom. The molecule has 3 aromatic rings. The number of aromatic nitrogens is 4. The Hall–Kier alpha value is -3.63. The number of carbonyl (C=O) groups excluding carboxylic acids is 1. The van der Waals surface area contributed by atoms with Crippen molar-refractivity contribution in [1.82, 2.24) is 19.5 Å². The molecular formula is C21H17F3N6O2. The number of hydrogen-bond donors (Lipinski definition) is 0. The minimum Gasteiger partial charge on any atom is -0.496 e. The summed E-state index contributed by atoms with van der Waals surface area (Å²) in [5.41, 5.74) is 0.576. The molecule has 1 aliphatic heterocycles. The largest absolute Gasteiger partial charge is 0.496 e. The van der Waals surface area contributed by atoms with Crippen molar-refractivity contribution in [2.45, 2.75) is 31.5 Å². The third-order valence-corrected chi connectivity index (χ3v) is 5.25. The maximum absolute atomic E-state index is 13.3. The van der Waals surface area contributed by atoms with Gasteiger partial charge in [0.15, 0.2) is 11.2 Å². The molecule has 0 bridgehead atoms. The summed E-state index contributed by atoms with van der Waals surface area (Å²) in [7, 11) is 1.46. The summed E-state index contributed by atoms with van der Waals surface area (Å²) in [6.07, 6.45) is 0.0116. The van der Waals surface area contributed by atoms with Crippen LogP contribution in [0.2, 0.25) is 0 Å². The van der Waals surface area contributed by atoms with Crippen molar-refractivity contribution in [3.8, 4) is 17.1 Å². The van der Waals surface area contributed by atoms with E-state index in [0.717, 1.165) is 24.6 Å². The zero-order chi connectivity index (χ0) is 22.5. The van der Waals surface area contributed by atoms with Gasteiger partial charge in [-0.3, -0.25) is 9.79 Å². The van der Waals surface area contributed by atoms with Crippen molar-refractivity contribution >= 4 is 5.91 Å². The third-order valence-electron chi connectivity index (χ3n) is 5.25. The van der Waals surface area contributed by atoms with Gasteiger partial charge in [0.1, 0.15) is 29.3 Å². The number of nitrogens with zero attached hydrogens (tertiary/aromatic N) is 6. The summed E-state index contributed by atoms with van der Waals surface area (Å²) < 4.78 is 46.8. The molecule has 8 nitrogen and oxygen atoms in total. The van der Waals surface area contributed by atoms with E-state index in [2.05, 4.69) is 24.9 Å². The maximum Gasteiger partial charge on any atom is 0.434 e. The predicted octanol–water partition coefficient (Wildman–Crippen LogP) is 2.07. The molecule has 11 heteroatoms. The highest BCUT2D eigenvalue weighted by Gasteiger charge is 2.37. The third kappa shape index (κ3) is 3.85. The van der Waals surface area contributed by atoms with E-state index in [-0.39, 0.29) is 29.8 Å². The maximum atomic E-state index is 13.3. The van der Waals surface area contributed by atoms with Crippen LogP contribution in [-0.2, 0) is 17.4 Å². The van der Waals surface area contributed by atoms with Crippen molar-refractivity contribution < 1.29 is 22.7 Å². The van der Waals surface area contributed by atoms with Crippen LogP contribution in [-0.4, -0.2) is 39.1 Å². The highest BCUT2D eigenvalue weighted by atomic mass is 19.4. The van der Waals surface area contributed by atoms with Crippen LogP contribution in [0.1, 0.15) is 36.0 Å². The normalized spacial score (nSPS) is 15.7. The van der Waals surface area contributed by atoms with Crippen LogP contribution in [0.15, 0.2) is 40.6 Å². The average molecular weight is 442 g/mol. The number of halogens is 3. The number of hydrogen-bond acceptors (Lipinski definition) is 6. The highest BCUT2D eigenvalue weighted by molar-refractivity contribution is 5.79. The van der Waals surface area contributed by atoms with E-state index in [1.165, 1.54) is 13.3 Å². The van der Waals surface area contributed by atoms with Gasteiger partial charge in [0.05, 0.1) is 18.9 Å². The van der Waals surface area contributed by atoms with Gasteiger partial charge in [-0.15, -0.1) is 0 Å². The molecule has 0 saturated heterocycles. The number of carbonyl (C=O) groups is 1. The molecule has 1 amide bonds. The molecule has 32 heavy (non-hydrogen) atoms. The Bertz CT molecular complexity index is 1340. The standard InChI is InChI=1S/C21H17F3N6O2/c1-32-15-6-11(7-17-26-8-14-19(28-17)29-18(31)9-25-14)2-5-13(15)20-27-16(21(22,23)24)10-30(20)12-3-4-12/h2,5-6,8,10,12H,3-4,7,9H2,1H3. The zero-order valence-electron chi connectivity index (χ0n) is 16.9. The fourth-order valence-corrected chi connectivity index (χ4v) is 3.56. The summed E-state index contributed by atoms with van der Waals surface area (Å²) in [5, 5.41) is 0.466. The summed E-state index contributed by atoms with van der Waals surface area (Å²) in [6, 6.07) is 5.20.